The maximum atomic E-state index is 4.86. The molecule has 0 aromatic rings. The van der Waals surface area contributed by atoms with Gasteiger partial charge < -0.3 is 4.84 Å². The lowest BCUT2D eigenvalue weighted by atomic mass is 10.5. The Kier molecular flexibility index (Phi) is 1.02. The maximum absolute atomic E-state index is 4.86. The summed E-state index contributed by atoms with van der Waals surface area (Å²) in [5.41, 5.74) is 0. The first kappa shape index (κ1) is 5.29. The molecule has 48 valence electrons. The zero-order valence-corrected chi connectivity index (χ0v) is 5.73. The second kappa shape index (κ2) is 1.73. The highest BCUT2D eigenvalue weighted by Gasteiger charge is 2.40. The summed E-state index contributed by atoms with van der Waals surface area (Å²) in [5, 5.41) is 4.10. The van der Waals surface area contributed by atoms with Crippen LogP contribution in [0.2, 0.25) is 0 Å². The second-order valence-electron chi connectivity index (χ2n) is 2.03. The van der Waals surface area contributed by atoms with Crippen molar-refractivity contribution in [1.29, 1.82) is 0 Å². The molecule has 2 aliphatic heterocycles. The molecule has 1 unspecified atom stereocenters. The molecule has 0 N–H and O–H groups in total. The Hall–Kier alpha value is -0.510. The molecule has 0 saturated carbocycles. The smallest absolute Gasteiger partial charge is 0.287 e. The first-order chi connectivity index (χ1) is 4.38. The fourth-order valence-corrected chi connectivity index (χ4v) is 2.01. The minimum absolute atomic E-state index is 0.310. The standard InChI is InChI=1S/C5H7N2OS/c1-4-5-7(6-8-4)2-3-9-5/h5H,1-3H2/q+1. The molecule has 0 amide bonds. The van der Waals surface area contributed by atoms with E-state index in [1.807, 2.05) is 16.5 Å². The van der Waals surface area contributed by atoms with Gasteiger partial charge in [0, 0.05) is 0 Å². The quantitative estimate of drug-likeness (QED) is 0.472. The Morgan fingerprint density at radius 2 is 2.78 bits per heavy atom. The summed E-state index contributed by atoms with van der Waals surface area (Å²) in [5.74, 6) is 1.91. The van der Waals surface area contributed by atoms with Gasteiger partial charge in [-0.1, -0.05) is 16.5 Å². The van der Waals surface area contributed by atoms with Gasteiger partial charge in [-0.15, -0.1) is 0 Å². The van der Waals surface area contributed by atoms with E-state index in [1.165, 1.54) is 0 Å². The third-order valence-corrected chi connectivity index (χ3v) is 2.65. The van der Waals surface area contributed by atoms with Crippen LogP contribution < -0.4 is 0 Å². The number of thioether (sulfide) groups is 1. The third kappa shape index (κ3) is 0.660. The lowest BCUT2D eigenvalue weighted by Gasteiger charge is -1.89. The van der Waals surface area contributed by atoms with Crippen LogP contribution in [0.25, 0.3) is 0 Å². The van der Waals surface area contributed by atoms with Crippen molar-refractivity contribution < 1.29 is 9.53 Å². The number of hydrogen-bond donors (Lipinski definition) is 0. The van der Waals surface area contributed by atoms with E-state index in [4.69, 9.17) is 4.84 Å². The minimum Gasteiger partial charge on any atom is -0.305 e. The van der Waals surface area contributed by atoms with Crippen molar-refractivity contribution in [3.05, 3.63) is 12.3 Å². The first-order valence-corrected chi connectivity index (χ1v) is 3.88. The lowest BCUT2D eigenvalue weighted by Crippen LogP contribution is -2.10. The minimum atomic E-state index is 0.310. The van der Waals surface area contributed by atoms with Crippen LogP contribution in [0.5, 0.6) is 0 Å². The average molecular weight is 143 g/mol. The zero-order valence-electron chi connectivity index (χ0n) is 4.91. The van der Waals surface area contributed by atoms with Crippen LogP contribution in [-0.4, -0.2) is 22.4 Å². The summed E-state index contributed by atoms with van der Waals surface area (Å²) in [4.78, 5) is 4.86. The Balaban J connectivity index is 2.28. The van der Waals surface area contributed by atoms with Crippen molar-refractivity contribution in [3.63, 3.8) is 0 Å². The number of fused-ring (bicyclic) bond motifs is 1. The summed E-state index contributed by atoms with van der Waals surface area (Å²) in [7, 11) is 0. The molecule has 0 aliphatic carbocycles. The summed E-state index contributed by atoms with van der Waals surface area (Å²) in [6.07, 6.45) is 0. The van der Waals surface area contributed by atoms with Crippen LogP contribution in [0.4, 0.5) is 0 Å². The maximum Gasteiger partial charge on any atom is 0.287 e. The van der Waals surface area contributed by atoms with Crippen LogP contribution in [0.3, 0.4) is 0 Å². The summed E-state index contributed by atoms with van der Waals surface area (Å²) in [6.45, 7) is 4.71. The Morgan fingerprint density at radius 3 is 3.56 bits per heavy atom. The number of rotatable bonds is 0. The van der Waals surface area contributed by atoms with Gasteiger partial charge >= 0.3 is 0 Å². The Bertz CT molecular complexity index is 189. The van der Waals surface area contributed by atoms with Crippen LogP contribution in [0, 0.1) is 0 Å². The van der Waals surface area contributed by atoms with Gasteiger partial charge in [0.15, 0.2) is 11.8 Å². The van der Waals surface area contributed by atoms with Gasteiger partial charge in [0.2, 0.25) is 5.76 Å². The van der Waals surface area contributed by atoms with Gasteiger partial charge in [-0.25, -0.2) is 0 Å². The van der Waals surface area contributed by atoms with E-state index < -0.39 is 0 Å². The molecule has 1 saturated heterocycles. The van der Waals surface area contributed by atoms with E-state index in [9.17, 15) is 0 Å². The van der Waals surface area contributed by atoms with Crippen molar-refractivity contribution in [2.24, 2.45) is 5.28 Å². The topological polar surface area (TPSA) is 24.6 Å². The zero-order chi connectivity index (χ0) is 6.27. The summed E-state index contributed by atoms with van der Waals surface area (Å²) < 4.78 is 1.92. The fourth-order valence-electron chi connectivity index (χ4n) is 0.954. The molecule has 4 heteroatoms. The Morgan fingerprint density at radius 1 is 1.89 bits per heavy atom. The number of hydrogen-bond acceptors (Lipinski definition) is 3. The highest BCUT2D eigenvalue weighted by Crippen LogP contribution is 2.30. The number of nitrogens with zero attached hydrogens (tertiary/aromatic N) is 2. The van der Waals surface area contributed by atoms with Gasteiger partial charge in [-0.2, -0.15) is 0 Å². The van der Waals surface area contributed by atoms with Gasteiger partial charge in [0.25, 0.3) is 5.37 Å². The van der Waals surface area contributed by atoms with Crippen LogP contribution in [0.1, 0.15) is 0 Å². The van der Waals surface area contributed by atoms with Crippen LogP contribution in [-0.2, 0) is 4.84 Å². The predicted molar refractivity (Wildman–Crippen MR) is 34.0 cm³/mol. The van der Waals surface area contributed by atoms with E-state index in [-0.39, 0.29) is 0 Å². The molecule has 2 heterocycles. The molecule has 3 nitrogen and oxygen atoms in total. The van der Waals surface area contributed by atoms with E-state index >= 15 is 0 Å². The summed E-state index contributed by atoms with van der Waals surface area (Å²) in [6, 6.07) is 0. The van der Waals surface area contributed by atoms with E-state index in [0.717, 1.165) is 18.1 Å². The van der Waals surface area contributed by atoms with Gasteiger partial charge in [-0.3, -0.25) is 0 Å². The third-order valence-electron chi connectivity index (χ3n) is 1.41. The molecule has 2 aliphatic rings. The van der Waals surface area contributed by atoms with Crippen molar-refractivity contribution in [3.8, 4) is 0 Å². The van der Waals surface area contributed by atoms with Gasteiger partial charge in [0.1, 0.15) is 0 Å². The molecule has 1 fully saturated rings. The highest BCUT2D eigenvalue weighted by molar-refractivity contribution is 8.00. The Labute approximate surface area is 57.3 Å². The molecule has 9 heavy (non-hydrogen) atoms. The van der Waals surface area contributed by atoms with Gasteiger partial charge in [-0.05, 0) is 6.58 Å². The first-order valence-electron chi connectivity index (χ1n) is 2.83. The highest BCUT2D eigenvalue weighted by atomic mass is 32.2. The van der Waals surface area contributed by atoms with Crippen molar-refractivity contribution in [2.45, 2.75) is 5.37 Å². The molecule has 1 atom stereocenters. The van der Waals surface area contributed by atoms with Gasteiger partial charge in [0.05, 0.1) is 5.75 Å². The van der Waals surface area contributed by atoms with Crippen molar-refractivity contribution in [1.82, 2.24) is 0 Å². The van der Waals surface area contributed by atoms with E-state index in [1.54, 1.807) is 0 Å². The average Bonchev–Trinajstić information content (AvgIpc) is 2.35. The molecular weight excluding hydrogens is 136 g/mol. The monoisotopic (exact) mass is 143 g/mol. The van der Waals surface area contributed by atoms with Crippen LogP contribution >= 0.6 is 11.8 Å². The summed E-state index contributed by atoms with van der Waals surface area (Å²) >= 11 is 1.83. The van der Waals surface area contributed by atoms with Crippen LogP contribution in [0.15, 0.2) is 17.6 Å². The molecule has 0 bridgehead atoms. The molecule has 0 aromatic heterocycles. The van der Waals surface area contributed by atoms with Crippen molar-refractivity contribution in [2.75, 3.05) is 12.3 Å². The van der Waals surface area contributed by atoms with E-state index in [2.05, 4.69) is 11.9 Å². The molecule has 0 radical (unpaired) electrons. The fraction of sp³-hybridized carbons (Fsp3) is 0.600. The second-order valence-corrected chi connectivity index (χ2v) is 3.21. The molecule has 0 spiro atoms. The SMILES string of the molecule is C=C1ON=[N+]2CCSC12. The van der Waals surface area contributed by atoms with Crippen molar-refractivity contribution >= 4 is 11.8 Å². The molecule has 2 rings (SSSR count). The lowest BCUT2D eigenvalue weighted by molar-refractivity contribution is -0.587. The molecule has 0 aromatic carbocycles. The predicted octanol–water partition coefficient (Wildman–Crippen LogP) is 0.983. The van der Waals surface area contributed by atoms with E-state index in [0.29, 0.717) is 5.37 Å². The largest absolute Gasteiger partial charge is 0.305 e. The normalized spacial score (nSPS) is 31.8. The molecular formula is C5H7N2OS+.